The molecule has 5 heteroatoms. The maximum Gasteiger partial charge on any atom is 0.233 e. The molecule has 0 saturated carbocycles. The van der Waals surface area contributed by atoms with Gasteiger partial charge in [0, 0.05) is 17.1 Å². The highest BCUT2D eigenvalue weighted by Gasteiger charge is 2.19. The monoisotopic (exact) mass is 183 g/mol. The van der Waals surface area contributed by atoms with Crippen LogP contribution in [0.25, 0.3) is 0 Å². The van der Waals surface area contributed by atoms with Crippen LogP contribution in [0.3, 0.4) is 0 Å². The van der Waals surface area contributed by atoms with Crippen molar-refractivity contribution >= 4 is 6.34 Å². The van der Waals surface area contributed by atoms with Crippen LogP contribution in [0.15, 0.2) is 9.52 Å². The largest absolute Gasteiger partial charge is 0.376 e. The quantitative estimate of drug-likeness (QED) is 0.718. The molecule has 0 aromatic carbocycles. The fourth-order valence-corrected chi connectivity index (χ4v) is 1.17. The minimum atomic E-state index is -2.07. The predicted molar refractivity (Wildman–Crippen MR) is 47.8 cm³/mol. The van der Waals surface area contributed by atoms with Crippen LogP contribution in [0, 0.1) is 0 Å². The molecule has 0 spiro atoms. The summed E-state index contributed by atoms with van der Waals surface area (Å²) in [5.41, 5.74) is 0. The molecule has 1 aliphatic heterocycles. The maximum absolute atomic E-state index is 7.10. The molecule has 1 aliphatic rings. The molecule has 2 heterocycles. The van der Waals surface area contributed by atoms with E-state index in [1.54, 1.807) is 6.34 Å². The molecule has 2 rings (SSSR count). The fourth-order valence-electron chi connectivity index (χ4n) is 1.17. The van der Waals surface area contributed by atoms with E-state index >= 15 is 0 Å². The Morgan fingerprint density at radius 2 is 2.85 bits per heavy atom. The molecule has 0 fully saturated rings. The van der Waals surface area contributed by atoms with Crippen LogP contribution in [0.2, 0.25) is 0 Å². The van der Waals surface area contributed by atoms with Gasteiger partial charge in [-0.3, -0.25) is 4.99 Å². The minimum Gasteiger partial charge on any atom is -0.376 e. The zero-order chi connectivity index (χ0) is 11.6. The summed E-state index contributed by atoms with van der Waals surface area (Å²) in [6.07, 6.45) is 1.47. The molecule has 0 aliphatic carbocycles. The Labute approximate surface area is 80.5 Å². The summed E-state index contributed by atoms with van der Waals surface area (Å²) in [5, 5.41) is 6.61. The van der Waals surface area contributed by atoms with Crippen molar-refractivity contribution < 1.29 is 8.64 Å². The first kappa shape index (κ1) is 5.36. The van der Waals surface area contributed by atoms with E-state index in [1.165, 1.54) is 0 Å². The predicted octanol–water partition coefficient (Wildman–Crippen LogP) is 0.347. The summed E-state index contributed by atoms with van der Waals surface area (Å²) in [7, 11) is 0. The number of nitrogens with zero attached hydrogens (tertiary/aromatic N) is 3. The standard InChI is InChI=1S/C8H12N4O/c1-2-7-11-8(13-12-7)6-3-9-5-10-4-6/h5-6H,2-4H2,1H3,(H,9,10)/i1D3. The van der Waals surface area contributed by atoms with Gasteiger partial charge in [-0.15, -0.1) is 0 Å². The first-order chi connectivity index (χ1) is 7.54. The van der Waals surface area contributed by atoms with E-state index in [4.69, 9.17) is 8.64 Å². The molecule has 70 valence electrons. The van der Waals surface area contributed by atoms with Gasteiger partial charge in [0.25, 0.3) is 0 Å². The SMILES string of the molecule is [2H]C([2H])([2H])Cc1noc(C2CN=CNC2)n1. The Bertz CT molecular complexity index is 387. The molecule has 0 bridgehead atoms. The Balaban J connectivity index is 2.04. The molecular formula is C8H12N4O. The van der Waals surface area contributed by atoms with Crippen molar-refractivity contribution in [1.82, 2.24) is 15.5 Å². The summed E-state index contributed by atoms with van der Waals surface area (Å²) >= 11 is 0. The summed E-state index contributed by atoms with van der Waals surface area (Å²) in [6.45, 7) is -0.800. The highest BCUT2D eigenvalue weighted by atomic mass is 16.5. The second kappa shape index (κ2) is 3.55. The van der Waals surface area contributed by atoms with Crippen LogP contribution in [0.1, 0.15) is 28.6 Å². The molecule has 13 heavy (non-hydrogen) atoms. The van der Waals surface area contributed by atoms with Gasteiger partial charge in [-0.25, -0.2) is 0 Å². The average Bonchev–Trinajstić information content (AvgIpc) is 2.65. The van der Waals surface area contributed by atoms with E-state index < -0.39 is 6.85 Å². The van der Waals surface area contributed by atoms with Crippen LogP contribution in [0.4, 0.5) is 0 Å². The summed E-state index contributed by atoms with van der Waals surface area (Å²) in [4.78, 5) is 8.11. The number of rotatable bonds is 2. The van der Waals surface area contributed by atoms with Gasteiger partial charge in [0.15, 0.2) is 5.82 Å². The number of aryl methyl sites for hydroxylation is 1. The van der Waals surface area contributed by atoms with Crippen molar-refractivity contribution in [3.63, 3.8) is 0 Å². The molecule has 1 atom stereocenters. The number of hydrogen-bond donors (Lipinski definition) is 1. The second-order valence-electron chi connectivity index (χ2n) is 2.83. The van der Waals surface area contributed by atoms with Gasteiger partial charge in [0.05, 0.1) is 18.8 Å². The highest BCUT2D eigenvalue weighted by molar-refractivity contribution is 5.55. The second-order valence-corrected chi connectivity index (χ2v) is 2.83. The lowest BCUT2D eigenvalue weighted by atomic mass is 10.1. The van der Waals surface area contributed by atoms with Crippen LogP contribution in [-0.4, -0.2) is 29.6 Å². The number of nitrogens with one attached hydrogen (secondary N) is 1. The fraction of sp³-hybridized carbons (Fsp3) is 0.625. The Morgan fingerprint density at radius 3 is 3.62 bits per heavy atom. The molecule has 1 unspecified atom stereocenters. The van der Waals surface area contributed by atoms with Gasteiger partial charge < -0.3 is 9.84 Å². The summed E-state index contributed by atoms with van der Waals surface area (Å²) in [5.74, 6) is 0.705. The van der Waals surface area contributed by atoms with Crippen LogP contribution >= 0.6 is 0 Å². The lowest BCUT2D eigenvalue weighted by Gasteiger charge is -2.13. The van der Waals surface area contributed by atoms with Crippen molar-refractivity contribution in [2.75, 3.05) is 13.1 Å². The molecule has 1 aromatic heterocycles. The first-order valence-corrected chi connectivity index (χ1v) is 4.09. The van der Waals surface area contributed by atoms with Gasteiger partial charge in [-0.05, 0) is 0 Å². The Hall–Kier alpha value is -1.39. The normalized spacial score (nSPS) is 25.8. The van der Waals surface area contributed by atoms with Crippen molar-refractivity contribution in [2.45, 2.75) is 19.2 Å². The van der Waals surface area contributed by atoms with Gasteiger partial charge in [0.2, 0.25) is 5.89 Å². The third-order valence-corrected chi connectivity index (χ3v) is 1.86. The molecule has 0 amide bonds. The van der Waals surface area contributed by atoms with E-state index in [-0.39, 0.29) is 18.2 Å². The number of aromatic nitrogens is 2. The molecule has 0 saturated heterocycles. The highest BCUT2D eigenvalue weighted by Crippen LogP contribution is 2.14. The van der Waals surface area contributed by atoms with Crippen LogP contribution in [0.5, 0.6) is 0 Å². The van der Waals surface area contributed by atoms with Gasteiger partial charge in [-0.1, -0.05) is 12.0 Å². The molecule has 1 aromatic rings. The number of hydrogen-bond acceptors (Lipinski definition) is 5. The molecule has 0 radical (unpaired) electrons. The third-order valence-electron chi connectivity index (χ3n) is 1.86. The van der Waals surface area contributed by atoms with Crippen molar-refractivity contribution in [2.24, 2.45) is 4.99 Å². The number of aliphatic imine (C=N–C) groups is 1. The van der Waals surface area contributed by atoms with E-state index in [9.17, 15) is 0 Å². The lowest BCUT2D eigenvalue weighted by Crippen LogP contribution is -2.27. The van der Waals surface area contributed by atoms with Gasteiger partial charge in [-0.2, -0.15) is 4.98 Å². The van der Waals surface area contributed by atoms with Gasteiger partial charge in [0.1, 0.15) is 0 Å². The molecular weight excluding hydrogens is 168 g/mol. The van der Waals surface area contributed by atoms with Crippen molar-refractivity contribution in [3.05, 3.63) is 11.7 Å². The topological polar surface area (TPSA) is 63.3 Å². The van der Waals surface area contributed by atoms with E-state index in [2.05, 4.69) is 20.4 Å². The Kier molecular flexibility index (Phi) is 1.47. The van der Waals surface area contributed by atoms with Gasteiger partial charge >= 0.3 is 0 Å². The maximum atomic E-state index is 7.10. The zero-order valence-corrected chi connectivity index (χ0v) is 7.03. The van der Waals surface area contributed by atoms with E-state index in [0.29, 0.717) is 19.0 Å². The Morgan fingerprint density at radius 1 is 1.85 bits per heavy atom. The molecule has 1 N–H and O–H groups in total. The van der Waals surface area contributed by atoms with E-state index in [1.807, 2.05) is 0 Å². The summed E-state index contributed by atoms with van der Waals surface area (Å²) in [6, 6.07) is 0. The summed E-state index contributed by atoms with van der Waals surface area (Å²) < 4.78 is 26.3. The zero-order valence-electron chi connectivity index (χ0n) is 10.0. The van der Waals surface area contributed by atoms with Crippen LogP contribution < -0.4 is 5.32 Å². The third kappa shape index (κ3) is 1.68. The van der Waals surface area contributed by atoms with Crippen LogP contribution in [-0.2, 0) is 6.42 Å². The smallest absolute Gasteiger partial charge is 0.233 e. The molecule has 5 nitrogen and oxygen atoms in total. The van der Waals surface area contributed by atoms with Crippen molar-refractivity contribution in [3.8, 4) is 0 Å². The lowest BCUT2D eigenvalue weighted by molar-refractivity contribution is 0.348. The first-order valence-electron chi connectivity index (χ1n) is 5.59. The average molecular weight is 183 g/mol. The minimum absolute atomic E-state index is 0.0304. The van der Waals surface area contributed by atoms with Crippen molar-refractivity contribution in [1.29, 1.82) is 0 Å². The van der Waals surface area contributed by atoms with E-state index in [0.717, 1.165) is 0 Å².